The highest BCUT2D eigenvalue weighted by Gasteiger charge is 2.61. The first-order chi connectivity index (χ1) is 19.7. The Labute approximate surface area is 262 Å². The minimum Gasteiger partial charge on any atom is -0.490 e. The number of piperidine rings is 2. The third kappa shape index (κ3) is 5.08. The Morgan fingerprint density at radius 2 is 1.78 bits per heavy atom. The van der Waals surface area contributed by atoms with E-state index in [1.807, 2.05) is 47.4 Å². The molecule has 0 aliphatic carbocycles. The van der Waals surface area contributed by atoms with Gasteiger partial charge >= 0.3 is 0 Å². The molecule has 0 aromatic heterocycles. The van der Waals surface area contributed by atoms with E-state index in [0.29, 0.717) is 47.4 Å². The van der Waals surface area contributed by atoms with E-state index in [1.165, 1.54) is 0 Å². The lowest BCUT2D eigenvalue weighted by Crippen LogP contribution is -2.57. The van der Waals surface area contributed by atoms with Gasteiger partial charge in [-0.1, -0.05) is 41.4 Å². The predicted molar refractivity (Wildman–Crippen MR) is 167 cm³/mol. The van der Waals surface area contributed by atoms with E-state index < -0.39 is 17.4 Å². The summed E-state index contributed by atoms with van der Waals surface area (Å²) in [6, 6.07) is 17.9. The molecule has 3 aliphatic rings. The molecule has 10 heteroatoms. The van der Waals surface area contributed by atoms with Crippen LogP contribution in [0, 0.1) is 3.57 Å². The van der Waals surface area contributed by atoms with Gasteiger partial charge in [-0.15, -0.1) is 0 Å². The van der Waals surface area contributed by atoms with Crippen LogP contribution in [-0.2, 0) is 19.8 Å². The molecule has 0 bridgehead atoms. The first-order valence-corrected chi connectivity index (χ1v) is 15.4. The Hall–Kier alpha value is -2.82. The highest BCUT2D eigenvalue weighted by atomic mass is 127. The van der Waals surface area contributed by atoms with Gasteiger partial charge in [0.25, 0.3) is 0 Å². The van der Waals surface area contributed by atoms with Crippen LogP contribution < -0.4 is 15.4 Å². The smallest absolute Gasteiger partial charge is 0.238 e. The van der Waals surface area contributed by atoms with Crippen LogP contribution in [0.2, 0.25) is 10.0 Å². The van der Waals surface area contributed by atoms with Gasteiger partial charge in [-0.2, -0.15) is 0 Å². The maximum atomic E-state index is 14.3. The van der Waals surface area contributed by atoms with E-state index in [4.69, 9.17) is 27.9 Å². The number of carbonyl (C=O) groups excluding carboxylic acids is 3. The molecule has 3 aliphatic heterocycles. The predicted octanol–water partition coefficient (Wildman–Crippen LogP) is 6.22. The van der Waals surface area contributed by atoms with E-state index in [2.05, 4.69) is 33.2 Å². The number of amides is 3. The van der Waals surface area contributed by atoms with E-state index in [-0.39, 0.29) is 30.2 Å². The molecule has 2 N–H and O–H groups in total. The third-order valence-electron chi connectivity index (χ3n) is 8.47. The van der Waals surface area contributed by atoms with Gasteiger partial charge in [0.2, 0.25) is 17.7 Å². The van der Waals surface area contributed by atoms with Crippen molar-refractivity contribution in [2.45, 2.75) is 49.7 Å². The number of ether oxygens (including phenoxy) is 1. The summed E-state index contributed by atoms with van der Waals surface area (Å²) in [5.41, 5.74) is 1.73. The Balaban J connectivity index is 1.50. The van der Waals surface area contributed by atoms with Gasteiger partial charge in [-0.05, 0) is 76.2 Å². The summed E-state index contributed by atoms with van der Waals surface area (Å²) < 4.78 is 7.54. The zero-order valence-corrected chi connectivity index (χ0v) is 25.9. The van der Waals surface area contributed by atoms with Crippen LogP contribution in [0.4, 0.5) is 5.69 Å². The lowest BCUT2D eigenvalue weighted by atomic mass is 9.59. The van der Waals surface area contributed by atoms with Gasteiger partial charge in [-0.25, -0.2) is 0 Å². The minimum absolute atomic E-state index is 0.0586. The Bertz CT molecular complexity index is 1560. The molecule has 212 valence electrons. The molecule has 6 rings (SSSR count). The standard InChI is InChI=1S/C31H28Cl2IN3O4/c1-17(38)37-11-9-22(10-12-37)41-27-8-6-21(34)15-23(27)29-31(24-7-5-20(33)14-26(24)35-30(31)40)25(16-28(39)36-29)18-3-2-4-19(32)13-18/h2-8,13-15,22,25,29H,9-12,16H2,1H3,(H,35,40)(H,36,39)/t25-,29+,31-/m0/s1. The van der Waals surface area contributed by atoms with Crippen LogP contribution >= 0.6 is 45.8 Å². The quantitative estimate of drug-likeness (QED) is 0.316. The number of rotatable bonds is 4. The van der Waals surface area contributed by atoms with Crippen LogP contribution in [0.1, 0.15) is 54.8 Å². The lowest BCUT2D eigenvalue weighted by molar-refractivity contribution is -0.132. The summed E-state index contributed by atoms with van der Waals surface area (Å²) in [5.74, 6) is -0.224. The summed E-state index contributed by atoms with van der Waals surface area (Å²) in [7, 11) is 0. The van der Waals surface area contributed by atoms with E-state index in [1.54, 1.807) is 25.1 Å². The molecule has 0 saturated carbocycles. The Morgan fingerprint density at radius 3 is 2.51 bits per heavy atom. The minimum atomic E-state index is -1.20. The number of fused-ring (bicyclic) bond motifs is 2. The fourth-order valence-electron chi connectivity index (χ4n) is 6.59. The molecule has 3 atom stereocenters. The molecule has 0 unspecified atom stereocenters. The van der Waals surface area contributed by atoms with E-state index >= 15 is 0 Å². The summed E-state index contributed by atoms with van der Waals surface area (Å²) in [6.45, 7) is 2.83. The highest BCUT2D eigenvalue weighted by molar-refractivity contribution is 14.1. The number of anilines is 1. The number of likely N-dealkylation sites (tertiary alicyclic amines) is 1. The monoisotopic (exact) mass is 703 g/mol. The van der Waals surface area contributed by atoms with Gasteiger partial charge in [0.15, 0.2) is 0 Å². The summed E-state index contributed by atoms with van der Waals surface area (Å²) in [6.07, 6.45) is 1.39. The Morgan fingerprint density at radius 1 is 1.02 bits per heavy atom. The van der Waals surface area contributed by atoms with E-state index in [9.17, 15) is 14.4 Å². The molecule has 2 saturated heterocycles. The molecule has 3 aromatic carbocycles. The molecule has 3 aromatic rings. The average molecular weight is 704 g/mol. The number of halogens is 3. The number of nitrogens with one attached hydrogen (secondary N) is 2. The topological polar surface area (TPSA) is 87.7 Å². The second-order valence-corrected chi connectivity index (χ2v) is 12.9. The van der Waals surface area contributed by atoms with Gasteiger partial charge in [0, 0.05) is 70.1 Å². The number of hydrogen-bond donors (Lipinski definition) is 2. The second kappa shape index (κ2) is 11.1. The van der Waals surface area contributed by atoms with Crippen molar-refractivity contribution in [1.82, 2.24) is 10.2 Å². The summed E-state index contributed by atoms with van der Waals surface area (Å²) in [5, 5.41) is 7.30. The fourth-order valence-corrected chi connectivity index (χ4v) is 7.48. The van der Waals surface area contributed by atoms with Crippen LogP contribution in [-0.4, -0.2) is 41.8 Å². The van der Waals surface area contributed by atoms with Gasteiger partial charge in [0.05, 0.1) is 6.04 Å². The van der Waals surface area contributed by atoms with Crippen LogP contribution in [0.15, 0.2) is 60.7 Å². The maximum absolute atomic E-state index is 14.3. The first kappa shape index (κ1) is 28.3. The van der Waals surface area contributed by atoms with Crippen molar-refractivity contribution in [3.8, 4) is 5.75 Å². The largest absolute Gasteiger partial charge is 0.490 e. The molecule has 3 heterocycles. The van der Waals surface area contributed by atoms with Crippen molar-refractivity contribution in [3.63, 3.8) is 0 Å². The number of benzene rings is 3. The second-order valence-electron chi connectivity index (χ2n) is 10.8. The number of carbonyl (C=O) groups is 3. The number of nitrogens with zero attached hydrogens (tertiary/aromatic N) is 1. The van der Waals surface area contributed by atoms with Gasteiger partial charge < -0.3 is 20.3 Å². The van der Waals surface area contributed by atoms with Crippen LogP contribution in [0.5, 0.6) is 5.75 Å². The van der Waals surface area contributed by atoms with Crippen LogP contribution in [0.3, 0.4) is 0 Å². The average Bonchev–Trinajstić information content (AvgIpc) is 3.22. The highest BCUT2D eigenvalue weighted by Crippen LogP contribution is 2.58. The summed E-state index contributed by atoms with van der Waals surface area (Å²) in [4.78, 5) is 41.5. The maximum Gasteiger partial charge on any atom is 0.238 e. The zero-order chi connectivity index (χ0) is 28.9. The van der Waals surface area contributed by atoms with Crippen molar-refractivity contribution in [1.29, 1.82) is 0 Å². The van der Waals surface area contributed by atoms with E-state index in [0.717, 1.165) is 20.3 Å². The molecule has 1 spiro atoms. The zero-order valence-electron chi connectivity index (χ0n) is 22.3. The van der Waals surface area contributed by atoms with Crippen molar-refractivity contribution in [2.75, 3.05) is 18.4 Å². The SMILES string of the molecule is CC(=O)N1CCC(Oc2ccc(I)cc2[C@H]2NC(=O)C[C@@H](c3cccc(Cl)c3)[C@]23C(=O)Nc2cc(Cl)ccc23)CC1. The molecular formula is C31H28Cl2IN3O4. The fraction of sp³-hybridized carbons (Fsp3) is 0.323. The third-order valence-corrected chi connectivity index (χ3v) is 9.61. The normalized spacial score (nSPS) is 24.1. The molecule has 0 radical (unpaired) electrons. The molecule has 3 amide bonds. The molecule has 2 fully saturated rings. The van der Waals surface area contributed by atoms with Crippen molar-refractivity contribution < 1.29 is 19.1 Å². The van der Waals surface area contributed by atoms with Crippen molar-refractivity contribution in [2.24, 2.45) is 0 Å². The van der Waals surface area contributed by atoms with Crippen LogP contribution in [0.25, 0.3) is 0 Å². The van der Waals surface area contributed by atoms with Gasteiger partial charge in [-0.3, -0.25) is 14.4 Å². The Kier molecular flexibility index (Phi) is 7.67. The number of hydrogen-bond acceptors (Lipinski definition) is 4. The molecule has 7 nitrogen and oxygen atoms in total. The molecular weight excluding hydrogens is 676 g/mol. The molecule has 41 heavy (non-hydrogen) atoms. The van der Waals surface area contributed by atoms with Gasteiger partial charge in [0.1, 0.15) is 17.3 Å². The van der Waals surface area contributed by atoms with Crippen molar-refractivity contribution in [3.05, 3.63) is 91.0 Å². The van der Waals surface area contributed by atoms with Crippen molar-refractivity contribution >= 4 is 69.2 Å². The first-order valence-electron chi connectivity index (χ1n) is 13.5. The lowest BCUT2D eigenvalue weighted by Gasteiger charge is -2.47. The summed E-state index contributed by atoms with van der Waals surface area (Å²) >= 11 is 15.0.